The standard InChI is InChI=1S/C19H30FN3O2/c1-16(2)14-22-8-10-23(11-9-22)15-19(24)21(3)12-13-25-18-7-5-4-6-17(18)20/h4-7,16H,8-15H2,1-3H3. The summed E-state index contributed by atoms with van der Waals surface area (Å²) < 4.78 is 18.9. The van der Waals surface area contributed by atoms with Crippen molar-refractivity contribution in [3.05, 3.63) is 30.1 Å². The molecule has 0 unspecified atom stereocenters. The van der Waals surface area contributed by atoms with Crippen molar-refractivity contribution in [2.45, 2.75) is 13.8 Å². The summed E-state index contributed by atoms with van der Waals surface area (Å²) in [5, 5.41) is 0. The third-order valence-corrected chi connectivity index (χ3v) is 4.39. The van der Waals surface area contributed by atoms with Crippen LogP contribution in [0.15, 0.2) is 24.3 Å². The van der Waals surface area contributed by atoms with E-state index < -0.39 is 0 Å². The lowest BCUT2D eigenvalue weighted by molar-refractivity contribution is -0.131. The molecule has 0 saturated carbocycles. The molecule has 1 aromatic carbocycles. The minimum absolute atomic E-state index is 0.0782. The smallest absolute Gasteiger partial charge is 0.236 e. The van der Waals surface area contributed by atoms with Crippen molar-refractivity contribution in [2.24, 2.45) is 5.92 Å². The van der Waals surface area contributed by atoms with Crippen molar-refractivity contribution in [3.63, 3.8) is 0 Å². The van der Waals surface area contributed by atoms with Gasteiger partial charge in [0.1, 0.15) is 6.61 Å². The van der Waals surface area contributed by atoms with Gasteiger partial charge in [0.15, 0.2) is 11.6 Å². The van der Waals surface area contributed by atoms with Gasteiger partial charge in [-0.2, -0.15) is 0 Å². The molecule has 0 spiro atoms. The number of hydrogen-bond acceptors (Lipinski definition) is 4. The fraction of sp³-hybridized carbons (Fsp3) is 0.632. The molecule has 0 aromatic heterocycles. The Balaban J connectivity index is 1.66. The van der Waals surface area contributed by atoms with Gasteiger partial charge in [0.05, 0.1) is 13.1 Å². The number of hydrogen-bond donors (Lipinski definition) is 0. The molecule has 1 aliphatic heterocycles. The van der Waals surface area contributed by atoms with Crippen molar-refractivity contribution < 1.29 is 13.9 Å². The number of rotatable bonds is 8. The summed E-state index contributed by atoms with van der Waals surface area (Å²) in [6.45, 7) is 10.6. The molecule has 0 radical (unpaired) electrons. The lowest BCUT2D eigenvalue weighted by atomic mass is 10.2. The molecule has 0 aliphatic carbocycles. The Morgan fingerprint density at radius 2 is 1.84 bits per heavy atom. The summed E-state index contributed by atoms with van der Waals surface area (Å²) in [6.07, 6.45) is 0. The number of ether oxygens (including phenoxy) is 1. The van der Waals surface area contributed by atoms with Crippen LogP contribution in [0.3, 0.4) is 0 Å². The van der Waals surface area contributed by atoms with E-state index in [1.54, 1.807) is 30.1 Å². The Labute approximate surface area is 150 Å². The largest absolute Gasteiger partial charge is 0.489 e. The van der Waals surface area contributed by atoms with E-state index in [-0.39, 0.29) is 24.1 Å². The first kappa shape index (κ1) is 19.7. The van der Waals surface area contributed by atoms with Crippen LogP contribution in [0.4, 0.5) is 4.39 Å². The Kier molecular flexibility index (Phi) is 7.65. The zero-order valence-electron chi connectivity index (χ0n) is 15.6. The predicted molar refractivity (Wildman–Crippen MR) is 97.3 cm³/mol. The normalized spacial score (nSPS) is 16.2. The summed E-state index contributed by atoms with van der Waals surface area (Å²) in [5.74, 6) is 0.601. The highest BCUT2D eigenvalue weighted by Crippen LogP contribution is 2.15. The van der Waals surface area contributed by atoms with E-state index in [0.29, 0.717) is 19.0 Å². The average Bonchev–Trinajstić information content (AvgIpc) is 2.57. The average molecular weight is 351 g/mol. The summed E-state index contributed by atoms with van der Waals surface area (Å²) in [7, 11) is 1.77. The third-order valence-electron chi connectivity index (χ3n) is 4.39. The molecule has 140 valence electrons. The maximum atomic E-state index is 13.5. The molecule has 0 N–H and O–H groups in total. The third kappa shape index (κ3) is 6.63. The molecule has 1 aromatic rings. The second kappa shape index (κ2) is 9.73. The van der Waals surface area contributed by atoms with Crippen molar-refractivity contribution >= 4 is 5.91 Å². The molecule has 1 amide bonds. The number of nitrogens with zero attached hydrogens (tertiary/aromatic N) is 3. The second-order valence-electron chi connectivity index (χ2n) is 7.06. The van der Waals surface area contributed by atoms with Crippen LogP contribution in [0.1, 0.15) is 13.8 Å². The van der Waals surface area contributed by atoms with Crippen molar-refractivity contribution in [1.29, 1.82) is 0 Å². The van der Waals surface area contributed by atoms with Crippen LogP contribution >= 0.6 is 0 Å². The summed E-state index contributed by atoms with van der Waals surface area (Å²) >= 11 is 0. The van der Waals surface area contributed by atoms with Gasteiger partial charge in [0.2, 0.25) is 5.91 Å². The highest BCUT2D eigenvalue weighted by Gasteiger charge is 2.20. The molecular formula is C19H30FN3O2. The van der Waals surface area contributed by atoms with Crippen LogP contribution in [-0.4, -0.2) is 80.1 Å². The van der Waals surface area contributed by atoms with Gasteiger partial charge in [0.25, 0.3) is 0 Å². The van der Waals surface area contributed by atoms with Crippen molar-refractivity contribution in [2.75, 3.05) is 59.5 Å². The summed E-state index contributed by atoms with van der Waals surface area (Å²) in [4.78, 5) is 18.6. The number of benzene rings is 1. The van der Waals surface area contributed by atoms with Gasteiger partial charge in [-0.05, 0) is 18.1 Å². The van der Waals surface area contributed by atoms with E-state index in [9.17, 15) is 9.18 Å². The van der Waals surface area contributed by atoms with Crippen molar-refractivity contribution in [3.8, 4) is 5.75 Å². The molecule has 0 atom stereocenters. The van der Waals surface area contributed by atoms with E-state index in [4.69, 9.17) is 4.74 Å². The lowest BCUT2D eigenvalue weighted by Crippen LogP contribution is -2.50. The molecular weight excluding hydrogens is 321 g/mol. The Bertz CT molecular complexity index is 545. The van der Waals surface area contributed by atoms with Gasteiger partial charge in [0, 0.05) is 39.8 Å². The molecule has 1 fully saturated rings. The molecule has 1 aliphatic rings. The van der Waals surface area contributed by atoms with Gasteiger partial charge in [-0.3, -0.25) is 9.69 Å². The Hall–Kier alpha value is -1.66. The zero-order chi connectivity index (χ0) is 18.2. The van der Waals surface area contributed by atoms with Gasteiger partial charge in [-0.15, -0.1) is 0 Å². The quantitative estimate of drug-likeness (QED) is 0.717. The SMILES string of the molecule is CC(C)CN1CCN(CC(=O)N(C)CCOc2ccccc2F)CC1. The topological polar surface area (TPSA) is 36.0 Å². The number of halogens is 1. The molecule has 6 heteroatoms. The first-order chi connectivity index (χ1) is 12.0. The van der Waals surface area contributed by atoms with Gasteiger partial charge in [-0.25, -0.2) is 4.39 Å². The maximum Gasteiger partial charge on any atom is 0.236 e. The van der Waals surface area contributed by atoms with E-state index >= 15 is 0 Å². The minimum atomic E-state index is -0.379. The maximum absolute atomic E-state index is 13.5. The minimum Gasteiger partial charge on any atom is -0.489 e. The molecule has 5 nitrogen and oxygen atoms in total. The van der Waals surface area contributed by atoms with E-state index in [1.807, 2.05) is 0 Å². The van der Waals surface area contributed by atoms with Crippen LogP contribution in [0, 0.1) is 11.7 Å². The molecule has 1 saturated heterocycles. The number of piperazine rings is 1. The fourth-order valence-electron chi connectivity index (χ4n) is 2.94. The van der Waals surface area contributed by atoms with Crippen LogP contribution in [0.25, 0.3) is 0 Å². The second-order valence-corrected chi connectivity index (χ2v) is 7.06. The monoisotopic (exact) mass is 351 g/mol. The highest BCUT2D eigenvalue weighted by atomic mass is 19.1. The number of carbonyl (C=O) groups is 1. The van der Waals surface area contributed by atoms with Gasteiger partial charge in [-0.1, -0.05) is 26.0 Å². The fourth-order valence-corrected chi connectivity index (χ4v) is 2.94. The van der Waals surface area contributed by atoms with Crippen LogP contribution in [0.2, 0.25) is 0 Å². The summed E-state index contributed by atoms with van der Waals surface area (Å²) in [6, 6.07) is 6.31. The molecule has 25 heavy (non-hydrogen) atoms. The summed E-state index contributed by atoms with van der Waals surface area (Å²) in [5.41, 5.74) is 0. The van der Waals surface area contributed by atoms with Crippen LogP contribution in [-0.2, 0) is 4.79 Å². The number of carbonyl (C=O) groups excluding carboxylic acids is 1. The number of amides is 1. The van der Waals surface area contributed by atoms with E-state index in [0.717, 1.165) is 32.7 Å². The molecule has 0 bridgehead atoms. The van der Waals surface area contributed by atoms with Gasteiger partial charge >= 0.3 is 0 Å². The highest BCUT2D eigenvalue weighted by molar-refractivity contribution is 5.78. The van der Waals surface area contributed by atoms with Crippen LogP contribution in [0.5, 0.6) is 5.75 Å². The lowest BCUT2D eigenvalue weighted by Gasteiger charge is -2.35. The Morgan fingerprint density at radius 3 is 2.48 bits per heavy atom. The van der Waals surface area contributed by atoms with Gasteiger partial charge < -0.3 is 14.5 Å². The first-order valence-electron chi connectivity index (χ1n) is 9.01. The number of para-hydroxylation sites is 1. The molecule has 1 heterocycles. The number of likely N-dealkylation sites (N-methyl/N-ethyl adjacent to an activating group) is 1. The predicted octanol–water partition coefficient (Wildman–Crippen LogP) is 1.94. The first-order valence-corrected chi connectivity index (χ1v) is 9.01. The van der Waals surface area contributed by atoms with Crippen LogP contribution < -0.4 is 4.74 Å². The zero-order valence-corrected chi connectivity index (χ0v) is 15.6. The van der Waals surface area contributed by atoms with E-state index in [2.05, 4.69) is 23.6 Å². The van der Waals surface area contributed by atoms with Crippen molar-refractivity contribution in [1.82, 2.24) is 14.7 Å². The molecule has 2 rings (SSSR count). The van der Waals surface area contributed by atoms with E-state index in [1.165, 1.54) is 6.07 Å². The Morgan fingerprint density at radius 1 is 1.20 bits per heavy atom.